The van der Waals surface area contributed by atoms with Crippen molar-refractivity contribution in [2.75, 3.05) is 31.1 Å². The molecule has 2 aliphatic heterocycles. The summed E-state index contributed by atoms with van der Waals surface area (Å²) in [6, 6.07) is -0.388. The van der Waals surface area contributed by atoms with Gasteiger partial charge in [0.2, 0.25) is 0 Å². The minimum absolute atomic E-state index is 0.0471. The normalized spacial score (nSPS) is 28.7. The van der Waals surface area contributed by atoms with Crippen LogP contribution in [0.5, 0.6) is 0 Å². The van der Waals surface area contributed by atoms with Crippen LogP contribution < -0.4 is 0 Å². The van der Waals surface area contributed by atoms with E-state index in [9.17, 15) is 13.2 Å². The van der Waals surface area contributed by atoms with Crippen LogP contribution in [-0.2, 0) is 14.6 Å². The quantitative estimate of drug-likeness (QED) is 0.764. The molecule has 2 fully saturated rings. The molecule has 0 aromatic rings. The van der Waals surface area contributed by atoms with Crippen molar-refractivity contribution in [3.05, 3.63) is 0 Å². The lowest BCUT2D eigenvalue weighted by molar-refractivity contribution is -0.0108. The Morgan fingerprint density at radius 3 is 2.32 bits per heavy atom. The van der Waals surface area contributed by atoms with Crippen molar-refractivity contribution in [1.29, 1.82) is 0 Å². The molecule has 0 N–H and O–H groups in total. The standard InChI is InChI=1S/C15H28N2O4S/c1-11(2)8-16-6-7-17(14(18)21-15(3,4)5)13-10-22(19,20)9-12(13)16/h11-13H,6-10H2,1-5H3/t12-,13+/m1/s1. The van der Waals surface area contributed by atoms with Crippen LogP contribution >= 0.6 is 0 Å². The number of ether oxygens (including phenoxy) is 1. The Labute approximate surface area is 133 Å². The molecule has 2 aliphatic rings. The number of rotatable bonds is 2. The van der Waals surface area contributed by atoms with Crippen LogP contribution in [-0.4, -0.2) is 73.1 Å². The van der Waals surface area contributed by atoms with Gasteiger partial charge in [0.05, 0.1) is 17.5 Å². The van der Waals surface area contributed by atoms with Crippen LogP contribution in [0.15, 0.2) is 0 Å². The second kappa shape index (κ2) is 6.00. The van der Waals surface area contributed by atoms with Gasteiger partial charge in [0.1, 0.15) is 5.60 Å². The molecule has 2 atom stereocenters. The van der Waals surface area contributed by atoms with Crippen molar-refractivity contribution in [1.82, 2.24) is 9.80 Å². The van der Waals surface area contributed by atoms with Gasteiger partial charge >= 0.3 is 6.09 Å². The van der Waals surface area contributed by atoms with Crippen LogP contribution in [0.2, 0.25) is 0 Å². The molecule has 2 heterocycles. The monoisotopic (exact) mass is 332 g/mol. The molecule has 2 rings (SSSR count). The Morgan fingerprint density at radius 2 is 1.77 bits per heavy atom. The van der Waals surface area contributed by atoms with Crippen molar-refractivity contribution < 1.29 is 17.9 Å². The van der Waals surface area contributed by atoms with Gasteiger partial charge in [0.25, 0.3) is 0 Å². The van der Waals surface area contributed by atoms with Gasteiger partial charge in [-0.25, -0.2) is 13.2 Å². The largest absolute Gasteiger partial charge is 0.444 e. The Kier molecular flexibility index (Phi) is 4.78. The maximum atomic E-state index is 12.4. The third kappa shape index (κ3) is 4.13. The summed E-state index contributed by atoms with van der Waals surface area (Å²) < 4.78 is 29.6. The summed E-state index contributed by atoms with van der Waals surface area (Å²) in [4.78, 5) is 16.2. The average molecular weight is 332 g/mol. The van der Waals surface area contributed by atoms with Gasteiger partial charge in [-0.3, -0.25) is 4.90 Å². The molecule has 0 radical (unpaired) electrons. The third-order valence-corrected chi connectivity index (χ3v) is 5.72. The molecule has 0 bridgehead atoms. The summed E-state index contributed by atoms with van der Waals surface area (Å²) in [5.74, 6) is 0.659. The molecule has 0 aromatic heterocycles. The molecule has 1 amide bonds. The Balaban J connectivity index is 2.17. The maximum Gasteiger partial charge on any atom is 0.410 e. The number of hydrogen-bond donors (Lipinski definition) is 0. The second-order valence-corrected chi connectivity index (χ2v) is 9.93. The van der Waals surface area contributed by atoms with E-state index in [0.717, 1.165) is 6.54 Å². The molecule has 7 heteroatoms. The number of hydrogen-bond acceptors (Lipinski definition) is 5. The third-order valence-electron chi connectivity index (χ3n) is 4.02. The minimum atomic E-state index is -3.10. The predicted molar refractivity (Wildman–Crippen MR) is 85.6 cm³/mol. The van der Waals surface area contributed by atoms with Crippen molar-refractivity contribution in [3.8, 4) is 0 Å². The highest BCUT2D eigenvalue weighted by Gasteiger charge is 2.48. The van der Waals surface area contributed by atoms with Crippen LogP contribution in [0, 0.1) is 5.92 Å². The first-order valence-electron chi connectivity index (χ1n) is 7.92. The summed E-state index contributed by atoms with van der Waals surface area (Å²) in [5, 5.41) is 0. The zero-order chi connectivity index (χ0) is 16.7. The predicted octanol–water partition coefficient (Wildman–Crippen LogP) is 1.36. The highest BCUT2D eigenvalue weighted by molar-refractivity contribution is 7.91. The zero-order valence-electron chi connectivity index (χ0n) is 14.2. The van der Waals surface area contributed by atoms with Gasteiger partial charge in [-0.2, -0.15) is 0 Å². The van der Waals surface area contributed by atoms with Crippen LogP contribution in [0.1, 0.15) is 34.6 Å². The lowest BCUT2D eigenvalue weighted by Gasteiger charge is -2.44. The van der Waals surface area contributed by atoms with E-state index in [2.05, 4.69) is 18.7 Å². The minimum Gasteiger partial charge on any atom is -0.444 e. The van der Waals surface area contributed by atoms with Gasteiger partial charge < -0.3 is 9.64 Å². The number of piperazine rings is 1. The van der Waals surface area contributed by atoms with Gasteiger partial charge in [-0.15, -0.1) is 0 Å². The van der Waals surface area contributed by atoms with E-state index >= 15 is 0 Å². The molecule has 0 unspecified atom stereocenters. The molecular formula is C15H28N2O4S. The molecule has 6 nitrogen and oxygen atoms in total. The summed E-state index contributed by atoms with van der Waals surface area (Å²) >= 11 is 0. The fourth-order valence-corrected chi connectivity index (χ4v) is 5.28. The Morgan fingerprint density at radius 1 is 1.18 bits per heavy atom. The number of nitrogens with zero attached hydrogens (tertiary/aromatic N) is 2. The Hall–Kier alpha value is -0.820. The number of carbonyl (C=O) groups is 1. The van der Waals surface area contributed by atoms with Gasteiger partial charge in [0.15, 0.2) is 9.84 Å². The smallest absolute Gasteiger partial charge is 0.410 e. The molecule has 0 aliphatic carbocycles. The molecular weight excluding hydrogens is 304 g/mol. The van der Waals surface area contributed by atoms with E-state index in [4.69, 9.17) is 4.74 Å². The van der Waals surface area contributed by atoms with Crippen molar-refractivity contribution in [2.24, 2.45) is 5.92 Å². The maximum absolute atomic E-state index is 12.4. The van der Waals surface area contributed by atoms with Gasteiger partial charge in [-0.1, -0.05) is 13.8 Å². The highest BCUT2D eigenvalue weighted by atomic mass is 32.2. The number of sulfone groups is 1. The topological polar surface area (TPSA) is 66.9 Å². The fraction of sp³-hybridized carbons (Fsp3) is 0.933. The van der Waals surface area contributed by atoms with Crippen LogP contribution in [0.4, 0.5) is 4.79 Å². The number of carbonyl (C=O) groups excluding carboxylic acids is 1. The first-order chi connectivity index (χ1) is 9.98. The second-order valence-electron chi connectivity index (χ2n) is 7.77. The molecule has 0 aromatic carbocycles. The molecule has 0 saturated carbocycles. The van der Waals surface area contributed by atoms with Crippen molar-refractivity contribution in [2.45, 2.75) is 52.3 Å². The summed E-state index contributed by atoms with van der Waals surface area (Å²) in [7, 11) is -3.10. The molecule has 128 valence electrons. The highest BCUT2D eigenvalue weighted by Crippen LogP contribution is 2.28. The SMILES string of the molecule is CC(C)CN1CCN(C(=O)OC(C)(C)C)[C@H]2CS(=O)(=O)C[C@H]21. The van der Waals surface area contributed by atoms with Gasteiger partial charge in [-0.05, 0) is 26.7 Å². The van der Waals surface area contributed by atoms with Crippen molar-refractivity contribution in [3.63, 3.8) is 0 Å². The van der Waals surface area contributed by atoms with Crippen molar-refractivity contribution >= 4 is 15.9 Å². The molecule has 22 heavy (non-hydrogen) atoms. The van der Waals surface area contributed by atoms with E-state index < -0.39 is 21.5 Å². The van der Waals surface area contributed by atoms with E-state index in [1.165, 1.54) is 0 Å². The van der Waals surface area contributed by atoms with Gasteiger partial charge in [0, 0.05) is 25.7 Å². The summed E-state index contributed by atoms with van der Waals surface area (Å²) in [5.41, 5.74) is -0.570. The number of amides is 1. The fourth-order valence-electron chi connectivity index (χ4n) is 3.27. The first kappa shape index (κ1) is 17.5. The van der Waals surface area contributed by atoms with E-state index in [1.807, 2.05) is 20.8 Å². The summed E-state index contributed by atoms with van der Waals surface area (Å²) in [6.45, 7) is 11.8. The lowest BCUT2D eigenvalue weighted by Crippen LogP contribution is -2.61. The van der Waals surface area contributed by atoms with E-state index in [-0.39, 0.29) is 23.6 Å². The van der Waals surface area contributed by atoms with E-state index in [0.29, 0.717) is 19.0 Å². The molecule has 2 saturated heterocycles. The van der Waals surface area contributed by atoms with Crippen LogP contribution in [0.25, 0.3) is 0 Å². The van der Waals surface area contributed by atoms with E-state index in [1.54, 1.807) is 4.90 Å². The average Bonchev–Trinajstić information content (AvgIpc) is 2.61. The first-order valence-corrected chi connectivity index (χ1v) is 9.75. The molecule has 0 spiro atoms. The Bertz CT molecular complexity index is 524. The lowest BCUT2D eigenvalue weighted by atomic mass is 10.0. The zero-order valence-corrected chi connectivity index (χ0v) is 15.0. The summed E-state index contributed by atoms with van der Waals surface area (Å²) in [6.07, 6.45) is -0.399. The number of fused-ring (bicyclic) bond motifs is 1. The van der Waals surface area contributed by atoms with Crippen LogP contribution in [0.3, 0.4) is 0 Å².